The smallest absolute Gasteiger partial charge is 0.252 e. The number of hydrogen-bond acceptors (Lipinski definition) is 8. The van der Waals surface area contributed by atoms with Gasteiger partial charge >= 0.3 is 0 Å². The molecule has 5 N–H and O–H groups in total. The highest BCUT2D eigenvalue weighted by Crippen LogP contribution is 2.52. The molecule has 3 aliphatic carbocycles. The standard InChI is InChI=1S/C23H26IN3O6/c1-26(2)14-8-13(24)18(28)17-10(14)5-9-6-12-15(27(3)4)7-11(22(25)32)20(30)23(12,33)21(31)16(9)19(17)29/h7-9,12,15,28-29,33H,5-6H2,1-4H3,(H2,25,32)/t9-,12-,15+,23+/m0/s1. The lowest BCUT2D eigenvalue weighted by molar-refractivity contribution is -0.160. The summed E-state index contributed by atoms with van der Waals surface area (Å²) in [5.74, 6) is -4.94. The molecule has 33 heavy (non-hydrogen) atoms. The summed E-state index contributed by atoms with van der Waals surface area (Å²) in [6.07, 6.45) is 1.98. The van der Waals surface area contributed by atoms with Crippen LogP contribution >= 0.6 is 22.6 Å². The van der Waals surface area contributed by atoms with Crippen molar-refractivity contribution in [2.45, 2.75) is 24.5 Å². The highest BCUT2D eigenvalue weighted by atomic mass is 127. The highest BCUT2D eigenvalue weighted by Gasteiger charge is 2.63. The van der Waals surface area contributed by atoms with Crippen molar-refractivity contribution in [3.63, 3.8) is 0 Å². The molecule has 0 saturated heterocycles. The number of phenolic OH excluding ortho intramolecular Hbond substituents is 1. The number of amides is 1. The van der Waals surface area contributed by atoms with Gasteiger partial charge in [-0.05, 0) is 67.1 Å². The van der Waals surface area contributed by atoms with Crippen LogP contribution in [-0.4, -0.2) is 77.5 Å². The Morgan fingerprint density at radius 1 is 1.18 bits per heavy atom. The van der Waals surface area contributed by atoms with Crippen LogP contribution in [0.4, 0.5) is 5.69 Å². The number of phenols is 1. The largest absolute Gasteiger partial charge is 0.507 e. The van der Waals surface area contributed by atoms with Gasteiger partial charge in [0.2, 0.25) is 11.6 Å². The summed E-state index contributed by atoms with van der Waals surface area (Å²) in [5, 5.41) is 33.5. The van der Waals surface area contributed by atoms with Crippen molar-refractivity contribution in [3.05, 3.63) is 38.0 Å². The first-order chi connectivity index (χ1) is 15.3. The highest BCUT2D eigenvalue weighted by molar-refractivity contribution is 14.1. The van der Waals surface area contributed by atoms with Crippen molar-refractivity contribution in [1.29, 1.82) is 0 Å². The van der Waals surface area contributed by atoms with E-state index in [1.807, 2.05) is 47.7 Å². The maximum absolute atomic E-state index is 13.7. The molecule has 9 nitrogen and oxygen atoms in total. The SMILES string of the molecule is CN(C)c1cc(I)c(O)c2c1C[C@H]1C[C@H]3[C@H](N(C)C)C=C(C(N)=O)C(=O)[C@@]3(O)C(=O)C1=C2O. The minimum Gasteiger partial charge on any atom is -0.507 e. The Morgan fingerprint density at radius 3 is 2.36 bits per heavy atom. The van der Waals surface area contributed by atoms with E-state index in [2.05, 4.69) is 0 Å². The predicted molar refractivity (Wildman–Crippen MR) is 130 cm³/mol. The molecule has 0 radical (unpaired) electrons. The lowest BCUT2D eigenvalue weighted by Crippen LogP contribution is -2.65. The Morgan fingerprint density at radius 2 is 1.82 bits per heavy atom. The Kier molecular flexibility index (Phi) is 5.61. The van der Waals surface area contributed by atoms with Crippen molar-refractivity contribution < 1.29 is 29.7 Å². The lowest BCUT2D eigenvalue weighted by atomic mass is 9.57. The van der Waals surface area contributed by atoms with Crippen molar-refractivity contribution in [3.8, 4) is 5.75 Å². The van der Waals surface area contributed by atoms with Gasteiger partial charge in [0.05, 0.1) is 14.7 Å². The number of primary amides is 1. The second kappa shape index (κ2) is 7.81. The Balaban J connectivity index is 1.96. The normalized spacial score (nSPS) is 28.8. The number of fused-ring (bicyclic) bond motifs is 3. The molecule has 0 aliphatic heterocycles. The van der Waals surface area contributed by atoms with Crippen molar-refractivity contribution in [1.82, 2.24) is 4.90 Å². The number of ketones is 2. The Bertz CT molecular complexity index is 1170. The average molecular weight is 567 g/mol. The number of nitrogens with two attached hydrogens (primary N) is 1. The van der Waals surface area contributed by atoms with Crippen molar-refractivity contribution in [2.75, 3.05) is 33.1 Å². The van der Waals surface area contributed by atoms with Gasteiger partial charge in [-0.2, -0.15) is 0 Å². The van der Waals surface area contributed by atoms with Gasteiger partial charge in [0.1, 0.15) is 11.5 Å². The van der Waals surface area contributed by atoms with Crippen LogP contribution in [0, 0.1) is 15.4 Å². The number of benzene rings is 1. The molecule has 0 bridgehead atoms. The third-order valence-electron chi connectivity index (χ3n) is 7.04. The molecule has 3 aliphatic rings. The maximum atomic E-state index is 13.7. The number of carbonyl (C=O) groups excluding carboxylic acids is 3. The zero-order valence-electron chi connectivity index (χ0n) is 18.7. The zero-order valence-corrected chi connectivity index (χ0v) is 20.9. The van der Waals surface area contributed by atoms with E-state index >= 15 is 0 Å². The molecule has 10 heteroatoms. The summed E-state index contributed by atoms with van der Waals surface area (Å²) in [6.45, 7) is 0. The van der Waals surface area contributed by atoms with E-state index in [0.717, 1.165) is 5.69 Å². The monoisotopic (exact) mass is 567 g/mol. The number of likely N-dealkylation sites (N-methyl/N-ethyl adjacent to an activating group) is 1. The van der Waals surface area contributed by atoms with Gasteiger partial charge in [-0.25, -0.2) is 0 Å². The number of aliphatic hydroxyl groups excluding tert-OH is 1. The topological polar surface area (TPSA) is 144 Å². The number of Topliss-reactive ketones (excluding diaryl/α,β-unsaturated/α-hetero) is 2. The summed E-state index contributed by atoms with van der Waals surface area (Å²) in [5.41, 5.74) is 3.94. The minimum absolute atomic E-state index is 0.0974. The molecule has 176 valence electrons. The van der Waals surface area contributed by atoms with Crippen LogP contribution in [0.1, 0.15) is 17.5 Å². The molecule has 1 fully saturated rings. The van der Waals surface area contributed by atoms with Crippen LogP contribution in [0.25, 0.3) is 5.76 Å². The molecule has 0 unspecified atom stereocenters. The Hall–Kier alpha value is -2.44. The molecule has 0 spiro atoms. The average Bonchev–Trinajstić information content (AvgIpc) is 2.72. The number of nitrogens with zero attached hydrogens (tertiary/aromatic N) is 2. The number of rotatable bonds is 3. The van der Waals surface area contributed by atoms with E-state index in [4.69, 9.17) is 5.73 Å². The summed E-state index contributed by atoms with van der Waals surface area (Å²) < 4.78 is 0.487. The third-order valence-corrected chi connectivity index (χ3v) is 7.86. The van der Waals surface area contributed by atoms with Crippen LogP contribution in [0.5, 0.6) is 5.75 Å². The fourth-order valence-corrected chi connectivity index (χ4v) is 6.04. The van der Waals surface area contributed by atoms with Crippen LogP contribution in [0.2, 0.25) is 0 Å². The summed E-state index contributed by atoms with van der Waals surface area (Å²) in [7, 11) is 7.15. The third kappa shape index (κ3) is 3.22. The first-order valence-electron chi connectivity index (χ1n) is 10.5. The summed E-state index contributed by atoms with van der Waals surface area (Å²) in [6, 6.07) is 1.21. The number of anilines is 1. The predicted octanol–water partition coefficient (Wildman–Crippen LogP) is 0.749. The van der Waals surface area contributed by atoms with Gasteiger partial charge in [0.25, 0.3) is 5.91 Å². The van der Waals surface area contributed by atoms with E-state index in [-0.39, 0.29) is 23.3 Å². The molecule has 4 atom stereocenters. The van der Waals surface area contributed by atoms with Gasteiger partial charge in [0, 0.05) is 37.3 Å². The first-order valence-corrected chi connectivity index (χ1v) is 11.5. The van der Waals surface area contributed by atoms with Crippen LogP contribution in [0.15, 0.2) is 23.3 Å². The lowest BCUT2D eigenvalue weighted by Gasteiger charge is -2.49. The Labute approximate surface area is 204 Å². The molecular formula is C23H26IN3O6. The number of carbonyl (C=O) groups is 3. The van der Waals surface area contributed by atoms with E-state index < -0.39 is 52.3 Å². The minimum atomic E-state index is -2.53. The molecular weight excluding hydrogens is 541 g/mol. The molecule has 0 heterocycles. The number of hydrogen-bond donors (Lipinski definition) is 4. The second-order valence-corrected chi connectivity index (χ2v) is 10.5. The summed E-state index contributed by atoms with van der Waals surface area (Å²) in [4.78, 5) is 42.4. The molecule has 1 aromatic rings. The van der Waals surface area contributed by atoms with E-state index in [1.54, 1.807) is 19.0 Å². The van der Waals surface area contributed by atoms with Gasteiger partial charge in [-0.15, -0.1) is 0 Å². The fraction of sp³-hybridized carbons (Fsp3) is 0.435. The van der Waals surface area contributed by atoms with Crippen LogP contribution in [0.3, 0.4) is 0 Å². The fourth-order valence-electron chi connectivity index (χ4n) is 5.48. The van der Waals surface area contributed by atoms with E-state index in [1.165, 1.54) is 6.08 Å². The maximum Gasteiger partial charge on any atom is 0.252 e. The molecule has 0 aromatic heterocycles. The molecule has 1 saturated carbocycles. The van der Waals surface area contributed by atoms with Gasteiger partial charge < -0.3 is 30.9 Å². The first kappa shape index (κ1) is 23.7. The van der Waals surface area contributed by atoms with Gasteiger partial charge in [-0.3, -0.25) is 14.4 Å². The van der Waals surface area contributed by atoms with Crippen LogP contribution in [-0.2, 0) is 20.8 Å². The number of halogens is 1. The van der Waals surface area contributed by atoms with E-state index in [9.17, 15) is 29.7 Å². The van der Waals surface area contributed by atoms with Crippen molar-refractivity contribution in [2.24, 2.45) is 17.6 Å². The zero-order chi connectivity index (χ0) is 24.6. The molecule has 4 rings (SSSR count). The van der Waals surface area contributed by atoms with Crippen LogP contribution < -0.4 is 10.6 Å². The van der Waals surface area contributed by atoms with Crippen molar-refractivity contribution >= 4 is 51.5 Å². The molecule has 1 aromatic carbocycles. The molecule has 1 amide bonds. The second-order valence-electron chi connectivity index (χ2n) is 9.30. The summed E-state index contributed by atoms with van der Waals surface area (Å²) >= 11 is 1.94. The quantitative estimate of drug-likeness (QED) is 0.238. The van der Waals surface area contributed by atoms with Gasteiger partial charge in [-0.1, -0.05) is 6.08 Å². The van der Waals surface area contributed by atoms with E-state index in [0.29, 0.717) is 15.6 Å². The number of aliphatic hydroxyl groups is 2. The van der Waals surface area contributed by atoms with Gasteiger partial charge in [0.15, 0.2) is 5.60 Å². The number of aromatic hydroxyl groups is 1.